The first kappa shape index (κ1) is 15.1. The number of carbonyl (C=O) groups is 1. The van der Waals surface area contributed by atoms with E-state index in [0.717, 1.165) is 17.3 Å². The van der Waals surface area contributed by atoms with Crippen LogP contribution in [0.15, 0.2) is 33.9 Å². The lowest BCUT2D eigenvalue weighted by atomic mass is 10.3. The van der Waals surface area contributed by atoms with Gasteiger partial charge < -0.3 is 9.67 Å². The fourth-order valence-corrected chi connectivity index (χ4v) is 2.82. The molecule has 0 saturated heterocycles. The summed E-state index contributed by atoms with van der Waals surface area (Å²) in [6.07, 6.45) is 0. The molecule has 1 heterocycles. The van der Waals surface area contributed by atoms with Crippen molar-refractivity contribution in [3.63, 3.8) is 0 Å². The largest absolute Gasteiger partial charge is 0.481 e. The summed E-state index contributed by atoms with van der Waals surface area (Å²) in [5.74, 6) is -1.39. The fourth-order valence-electron chi connectivity index (χ4n) is 1.76. The second kappa shape index (κ2) is 5.97. The van der Waals surface area contributed by atoms with E-state index in [0.29, 0.717) is 27.2 Å². The van der Waals surface area contributed by atoms with Crippen LogP contribution in [0.4, 0.5) is 4.39 Å². The zero-order valence-corrected chi connectivity index (χ0v) is 13.1. The lowest BCUT2D eigenvalue weighted by Gasteiger charge is -2.08. The molecule has 0 bridgehead atoms. The summed E-state index contributed by atoms with van der Waals surface area (Å²) in [5, 5.41) is 9.31. The SMILES string of the molecule is C=C(C)Cn1c(SCC(=O)O)nc2cc(Br)c(F)cc21. The van der Waals surface area contributed by atoms with Gasteiger partial charge in [-0.1, -0.05) is 23.9 Å². The van der Waals surface area contributed by atoms with Crippen LogP contribution in [0.25, 0.3) is 11.0 Å². The number of hydrogen-bond donors (Lipinski definition) is 1. The predicted molar refractivity (Wildman–Crippen MR) is 80.6 cm³/mol. The molecule has 7 heteroatoms. The van der Waals surface area contributed by atoms with Crippen molar-refractivity contribution >= 4 is 44.7 Å². The standard InChI is InChI=1S/C13H12BrFN2O2S/c1-7(2)5-17-11-4-9(15)8(14)3-10(11)16-13(17)20-6-12(18)19/h3-4H,1,5-6H2,2H3,(H,18,19). The maximum absolute atomic E-state index is 13.7. The second-order valence-corrected chi connectivity index (χ2v) is 6.17. The predicted octanol–water partition coefficient (Wildman–Crippen LogP) is 3.69. The highest BCUT2D eigenvalue weighted by Crippen LogP contribution is 2.28. The number of allylic oxidation sites excluding steroid dienone is 1. The highest BCUT2D eigenvalue weighted by molar-refractivity contribution is 9.10. The van der Waals surface area contributed by atoms with Crippen molar-refractivity contribution in [3.05, 3.63) is 34.6 Å². The number of fused-ring (bicyclic) bond motifs is 1. The van der Waals surface area contributed by atoms with Gasteiger partial charge in [0, 0.05) is 12.6 Å². The molecule has 0 radical (unpaired) electrons. The zero-order chi connectivity index (χ0) is 14.9. The normalized spacial score (nSPS) is 10.9. The summed E-state index contributed by atoms with van der Waals surface area (Å²) in [7, 11) is 0. The molecule has 0 saturated carbocycles. The van der Waals surface area contributed by atoms with Crippen LogP contribution in [0.5, 0.6) is 0 Å². The average molecular weight is 359 g/mol. The monoisotopic (exact) mass is 358 g/mol. The third-order valence-corrected chi connectivity index (χ3v) is 4.08. The average Bonchev–Trinajstić information content (AvgIpc) is 2.65. The van der Waals surface area contributed by atoms with Crippen LogP contribution in [-0.4, -0.2) is 26.4 Å². The number of nitrogens with zero attached hydrogens (tertiary/aromatic N) is 2. The summed E-state index contributed by atoms with van der Waals surface area (Å²) < 4.78 is 15.8. The molecule has 0 atom stereocenters. The van der Waals surface area contributed by atoms with E-state index in [2.05, 4.69) is 27.5 Å². The molecule has 0 amide bonds. The molecule has 20 heavy (non-hydrogen) atoms. The molecule has 0 fully saturated rings. The Kier molecular flexibility index (Phi) is 4.49. The van der Waals surface area contributed by atoms with Crippen molar-refractivity contribution < 1.29 is 14.3 Å². The summed E-state index contributed by atoms with van der Waals surface area (Å²) >= 11 is 4.23. The number of thioether (sulfide) groups is 1. The van der Waals surface area contributed by atoms with Crippen molar-refractivity contribution in [2.24, 2.45) is 0 Å². The van der Waals surface area contributed by atoms with Gasteiger partial charge in [0.05, 0.1) is 21.3 Å². The number of aliphatic carboxylic acids is 1. The minimum absolute atomic E-state index is 0.0941. The summed E-state index contributed by atoms with van der Waals surface area (Å²) in [6, 6.07) is 2.98. The van der Waals surface area contributed by atoms with Crippen LogP contribution in [0.1, 0.15) is 6.92 Å². The first-order valence-corrected chi connectivity index (χ1v) is 7.50. The van der Waals surface area contributed by atoms with E-state index < -0.39 is 5.97 Å². The molecule has 0 aliphatic heterocycles. The first-order valence-electron chi connectivity index (χ1n) is 5.72. The number of carboxylic acids is 1. The maximum Gasteiger partial charge on any atom is 0.313 e. The minimum atomic E-state index is -0.920. The molecule has 0 unspecified atom stereocenters. The Hall–Kier alpha value is -1.34. The molecule has 1 aromatic heterocycles. The Balaban J connectivity index is 2.54. The Morgan fingerprint density at radius 1 is 1.60 bits per heavy atom. The Bertz CT molecular complexity index is 699. The van der Waals surface area contributed by atoms with E-state index in [1.807, 2.05) is 6.92 Å². The number of benzene rings is 1. The highest BCUT2D eigenvalue weighted by Gasteiger charge is 2.15. The molecule has 2 aromatic rings. The summed E-state index contributed by atoms with van der Waals surface area (Å²) in [6.45, 7) is 6.16. The number of rotatable bonds is 5. The smallest absolute Gasteiger partial charge is 0.313 e. The molecule has 1 N–H and O–H groups in total. The van der Waals surface area contributed by atoms with Crippen molar-refractivity contribution in [1.82, 2.24) is 9.55 Å². The Morgan fingerprint density at radius 2 is 2.30 bits per heavy atom. The first-order chi connectivity index (χ1) is 9.38. The van der Waals surface area contributed by atoms with Crippen molar-refractivity contribution in [2.45, 2.75) is 18.6 Å². The van der Waals surface area contributed by atoms with Crippen LogP contribution in [-0.2, 0) is 11.3 Å². The van der Waals surface area contributed by atoms with Gasteiger partial charge in [-0.3, -0.25) is 4.79 Å². The number of halogens is 2. The number of aromatic nitrogens is 2. The molecular formula is C13H12BrFN2O2S. The molecule has 106 valence electrons. The van der Waals surface area contributed by atoms with Gasteiger partial charge in [0.25, 0.3) is 0 Å². The molecule has 2 rings (SSSR count). The van der Waals surface area contributed by atoms with Gasteiger partial charge in [0.1, 0.15) is 5.82 Å². The summed E-state index contributed by atoms with van der Waals surface area (Å²) in [5.41, 5.74) is 2.12. The summed E-state index contributed by atoms with van der Waals surface area (Å²) in [4.78, 5) is 15.1. The van der Waals surface area contributed by atoms with Gasteiger partial charge in [0.2, 0.25) is 0 Å². The number of carboxylic acid groups (broad SMARTS) is 1. The number of imidazole rings is 1. The molecular weight excluding hydrogens is 347 g/mol. The minimum Gasteiger partial charge on any atom is -0.481 e. The Morgan fingerprint density at radius 3 is 2.90 bits per heavy atom. The Labute approximate surface area is 127 Å². The molecule has 0 spiro atoms. The number of hydrogen-bond acceptors (Lipinski definition) is 3. The van der Waals surface area contributed by atoms with E-state index in [1.54, 1.807) is 10.6 Å². The van der Waals surface area contributed by atoms with Crippen molar-refractivity contribution in [3.8, 4) is 0 Å². The molecule has 1 aromatic carbocycles. The highest BCUT2D eigenvalue weighted by atomic mass is 79.9. The van der Waals surface area contributed by atoms with E-state index in [4.69, 9.17) is 5.11 Å². The molecule has 0 aliphatic rings. The van der Waals surface area contributed by atoms with Gasteiger partial charge in [-0.05, 0) is 28.9 Å². The zero-order valence-electron chi connectivity index (χ0n) is 10.7. The van der Waals surface area contributed by atoms with E-state index in [1.165, 1.54) is 6.07 Å². The lowest BCUT2D eigenvalue weighted by Crippen LogP contribution is -2.04. The van der Waals surface area contributed by atoms with E-state index in [9.17, 15) is 9.18 Å². The van der Waals surface area contributed by atoms with Gasteiger partial charge >= 0.3 is 5.97 Å². The van der Waals surface area contributed by atoms with Crippen molar-refractivity contribution in [2.75, 3.05) is 5.75 Å². The quantitative estimate of drug-likeness (QED) is 0.654. The third kappa shape index (κ3) is 3.21. The van der Waals surface area contributed by atoms with Crippen LogP contribution in [0, 0.1) is 5.82 Å². The van der Waals surface area contributed by atoms with Gasteiger partial charge in [0.15, 0.2) is 5.16 Å². The maximum atomic E-state index is 13.7. The van der Waals surface area contributed by atoms with Gasteiger partial charge in [-0.15, -0.1) is 0 Å². The van der Waals surface area contributed by atoms with Crippen LogP contribution >= 0.6 is 27.7 Å². The van der Waals surface area contributed by atoms with Gasteiger partial charge in [-0.2, -0.15) is 0 Å². The van der Waals surface area contributed by atoms with Crippen LogP contribution in [0.3, 0.4) is 0 Å². The lowest BCUT2D eigenvalue weighted by molar-refractivity contribution is -0.133. The third-order valence-electron chi connectivity index (χ3n) is 2.51. The molecule has 0 aliphatic carbocycles. The fraction of sp³-hybridized carbons (Fsp3) is 0.231. The topological polar surface area (TPSA) is 55.1 Å². The second-order valence-electron chi connectivity index (χ2n) is 4.38. The van der Waals surface area contributed by atoms with Crippen molar-refractivity contribution in [1.29, 1.82) is 0 Å². The van der Waals surface area contributed by atoms with E-state index >= 15 is 0 Å². The van der Waals surface area contributed by atoms with Gasteiger partial charge in [-0.25, -0.2) is 9.37 Å². The molecule has 4 nitrogen and oxygen atoms in total. The van der Waals surface area contributed by atoms with Crippen LogP contribution in [0.2, 0.25) is 0 Å². The van der Waals surface area contributed by atoms with Crippen LogP contribution < -0.4 is 0 Å². The van der Waals surface area contributed by atoms with E-state index in [-0.39, 0.29) is 11.6 Å².